The minimum Gasteiger partial charge on any atom is -0.490 e. The molecule has 0 aliphatic heterocycles. The molecule has 3 N–H and O–H groups in total. The first kappa shape index (κ1) is 9.83. The first-order chi connectivity index (χ1) is 7.20. The van der Waals surface area contributed by atoms with Gasteiger partial charge in [0.1, 0.15) is 5.75 Å². The van der Waals surface area contributed by atoms with E-state index in [0.717, 1.165) is 12.8 Å². The Morgan fingerprint density at radius 3 is 2.87 bits per heavy atom. The van der Waals surface area contributed by atoms with Crippen LogP contribution in [0.25, 0.3) is 0 Å². The van der Waals surface area contributed by atoms with Crippen LogP contribution in [0.1, 0.15) is 23.2 Å². The van der Waals surface area contributed by atoms with Crippen molar-refractivity contribution in [1.29, 1.82) is 0 Å². The molecule has 0 heterocycles. The molecular weight excluding hydrogens is 192 g/mol. The molecule has 1 aliphatic rings. The summed E-state index contributed by atoms with van der Waals surface area (Å²) in [6.45, 7) is 0. The molecule has 0 aromatic heterocycles. The van der Waals surface area contributed by atoms with E-state index in [1.807, 2.05) is 0 Å². The fraction of sp³-hybridized carbons (Fsp3) is 0.364. The average molecular weight is 206 g/mol. The Hall–Kier alpha value is -1.71. The van der Waals surface area contributed by atoms with Crippen LogP contribution in [0.15, 0.2) is 18.2 Å². The van der Waals surface area contributed by atoms with Gasteiger partial charge in [0.05, 0.1) is 11.7 Å². The van der Waals surface area contributed by atoms with Crippen LogP contribution >= 0.6 is 0 Å². The minimum absolute atomic E-state index is 0.148. The zero-order valence-electron chi connectivity index (χ0n) is 8.62. The van der Waals surface area contributed by atoms with Crippen LogP contribution in [-0.4, -0.2) is 19.1 Å². The average Bonchev–Trinajstić information content (AvgIpc) is 3.01. The highest BCUT2D eigenvalue weighted by Crippen LogP contribution is 2.30. The summed E-state index contributed by atoms with van der Waals surface area (Å²) < 4.78 is 5.62. The quantitative estimate of drug-likeness (QED) is 0.730. The number of nitrogens with two attached hydrogens (primary N) is 1. The van der Waals surface area contributed by atoms with Crippen molar-refractivity contribution in [3.8, 4) is 5.75 Å². The molecule has 4 nitrogen and oxygen atoms in total. The van der Waals surface area contributed by atoms with Crippen molar-refractivity contribution in [3.63, 3.8) is 0 Å². The van der Waals surface area contributed by atoms with Gasteiger partial charge in [-0.05, 0) is 25.0 Å². The topological polar surface area (TPSA) is 64.4 Å². The molecule has 0 bridgehead atoms. The van der Waals surface area contributed by atoms with E-state index >= 15 is 0 Å². The lowest BCUT2D eigenvalue weighted by Crippen LogP contribution is -2.19. The largest absolute Gasteiger partial charge is 0.490 e. The SMILES string of the molecule is CNC(=O)c1ccc(N)cc1OC1CC1. The van der Waals surface area contributed by atoms with Crippen LogP contribution in [0.2, 0.25) is 0 Å². The molecule has 1 aromatic carbocycles. The summed E-state index contributed by atoms with van der Waals surface area (Å²) in [5, 5.41) is 2.58. The molecule has 1 aliphatic carbocycles. The standard InChI is InChI=1S/C11H14N2O2/c1-13-11(14)9-5-2-7(12)6-10(9)15-8-3-4-8/h2,5-6,8H,3-4,12H2,1H3,(H,13,14). The molecular formula is C11H14N2O2. The maximum atomic E-state index is 11.5. The Morgan fingerprint density at radius 2 is 2.27 bits per heavy atom. The number of benzene rings is 1. The second kappa shape index (κ2) is 3.81. The number of nitrogen functional groups attached to an aromatic ring is 1. The van der Waals surface area contributed by atoms with Crippen LogP contribution in [0, 0.1) is 0 Å². The molecule has 1 aromatic rings. The molecule has 80 valence electrons. The van der Waals surface area contributed by atoms with E-state index in [9.17, 15) is 4.79 Å². The van der Waals surface area contributed by atoms with Gasteiger partial charge in [0.15, 0.2) is 0 Å². The fourth-order valence-electron chi connectivity index (χ4n) is 1.32. The fourth-order valence-corrected chi connectivity index (χ4v) is 1.32. The van der Waals surface area contributed by atoms with Gasteiger partial charge in [0, 0.05) is 18.8 Å². The van der Waals surface area contributed by atoms with E-state index in [2.05, 4.69) is 5.32 Å². The summed E-state index contributed by atoms with van der Waals surface area (Å²) in [6, 6.07) is 5.08. The lowest BCUT2D eigenvalue weighted by molar-refractivity contribution is 0.0959. The highest BCUT2D eigenvalue weighted by molar-refractivity contribution is 5.97. The summed E-state index contributed by atoms with van der Waals surface area (Å²) in [5.74, 6) is 0.433. The number of hydrogen-bond donors (Lipinski definition) is 2. The smallest absolute Gasteiger partial charge is 0.254 e. The molecule has 0 radical (unpaired) electrons. The summed E-state index contributed by atoms with van der Waals surface area (Å²) in [4.78, 5) is 11.5. The summed E-state index contributed by atoms with van der Waals surface area (Å²) >= 11 is 0. The van der Waals surface area contributed by atoms with Crippen LogP contribution in [0.3, 0.4) is 0 Å². The van der Waals surface area contributed by atoms with Crippen molar-refractivity contribution in [1.82, 2.24) is 5.32 Å². The van der Waals surface area contributed by atoms with Gasteiger partial charge >= 0.3 is 0 Å². The second-order valence-electron chi connectivity index (χ2n) is 3.65. The molecule has 2 rings (SSSR count). The Kier molecular flexibility index (Phi) is 2.49. The molecule has 4 heteroatoms. The van der Waals surface area contributed by atoms with Crippen molar-refractivity contribution in [2.45, 2.75) is 18.9 Å². The van der Waals surface area contributed by atoms with E-state index in [0.29, 0.717) is 17.0 Å². The van der Waals surface area contributed by atoms with Crippen molar-refractivity contribution < 1.29 is 9.53 Å². The summed E-state index contributed by atoms with van der Waals surface area (Å²) in [7, 11) is 1.60. The number of amides is 1. The van der Waals surface area contributed by atoms with Crippen molar-refractivity contribution >= 4 is 11.6 Å². The molecule has 1 amide bonds. The zero-order valence-corrected chi connectivity index (χ0v) is 8.62. The van der Waals surface area contributed by atoms with Gasteiger partial charge < -0.3 is 15.8 Å². The van der Waals surface area contributed by atoms with Crippen LogP contribution in [0.4, 0.5) is 5.69 Å². The third-order valence-electron chi connectivity index (χ3n) is 2.30. The van der Waals surface area contributed by atoms with Gasteiger partial charge in [-0.1, -0.05) is 0 Å². The van der Waals surface area contributed by atoms with E-state index < -0.39 is 0 Å². The van der Waals surface area contributed by atoms with Gasteiger partial charge in [-0.25, -0.2) is 0 Å². The van der Waals surface area contributed by atoms with Gasteiger partial charge in [0.2, 0.25) is 0 Å². The minimum atomic E-state index is -0.148. The monoisotopic (exact) mass is 206 g/mol. The van der Waals surface area contributed by atoms with E-state index in [-0.39, 0.29) is 12.0 Å². The maximum absolute atomic E-state index is 11.5. The number of hydrogen-bond acceptors (Lipinski definition) is 3. The predicted octanol–water partition coefficient (Wildman–Crippen LogP) is 1.17. The predicted molar refractivity (Wildman–Crippen MR) is 57.9 cm³/mol. The van der Waals surface area contributed by atoms with Crippen LogP contribution < -0.4 is 15.8 Å². The molecule has 1 saturated carbocycles. The number of nitrogens with one attached hydrogen (secondary N) is 1. The van der Waals surface area contributed by atoms with Gasteiger partial charge in [0.25, 0.3) is 5.91 Å². The maximum Gasteiger partial charge on any atom is 0.254 e. The number of rotatable bonds is 3. The first-order valence-electron chi connectivity index (χ1n) is 4.99. The third kappa shape index (κ3) is 2.21. The first-order valence-corrected chi connectivity index (χ1v) is 4.99. The molecule has 0 unspecified atom stereocenters. The van der Waals surface area contributed by atoms with Crippen molar-refractivity contribution in [2.75, 3.05) is 12.8 Å². The summed E-state index contributed by atoms with van der Waals surface area (Å²) in [6.07, 6.45) is 2.37. The third-order valence-corrected chi connectivity index (χ3v) is 2.30. The van der Waals surface area contributed by atoms with Gasteiger partial charge in [-0.2, -0.15) is 0 Å². The van der Waals surface area contributed by atoms with Crippen LogP contribution in [-0.2, 0) is 0 Å². The molecule has 1 fully saturated rings. The number of carbonyl (C=O) groups excluding carboxylic acids is 1. The van der Waals surface area contributed by atoms with E-state index in [4.69, 9.17) is 10.5 Å². The van der Waals surface area contributed by atoms with E-state index in [1.54, 1.807) is 25.2 Å². The number of ether oxygens (including phenoxy) is 1. The lowest BCUT2D eigenvalue weighted by atomic mass is 10.1. The Bertz CT molecular complexity index is 386. The van der Waals surface area contributed by atoms with Gasteiger partial charge in [-0.3, -0.25) is 4.79 Å². The zero-order chi connectivity index (χ0) is 10.8. The Labute approximate surface area is 88.4 Å². The molecule has 0 atom stereocenters. The van der Waals surface area contributed by atoms with Crippen molar-refractivity contribution in [2.24, 2.45) is 0 Å². The normalized spacial score (nSPS) is 14.7. The summed E-state index contributed by atoms with van der Waals surface area (Å²) in [5.41, 5.74) is 6.80. The molecule has 15 heavy (non-hydrogen) atoms. The van der Waals surface area contributed by atoms with E-state index in [1.165, 1.54) is 0 Å². The highest BCUT2D eigenvalue weighted by Gasteiger charge is 2.25. The lowest BCUT2D eigenvalue weighted by Gasteiger charge is -2.10. The van der Waals surface area contributed by atoms with Crippen molar-refractivity contribution in [3.05, 3.63) is 23.8 Å². The van der Waals surface area contributed by atoms with Gasteiger partial charge in [-0.15, -0.1) is 0 Å². The molecule has 0 spiro atoms. The second-order valence-corrected chi connectivity index (χ2v) is 3.65. The Balaban J connectivity index is 2.29. The number of carbonyl (C=O) groups is 1. The van der Waals surface area contributed by atoms with Crippen LogP contribution in [0.5, 0.6) is 5.75 Å². The highest BCUT2D eigenvalue weighted by atomic mass is 16.5. The Morgan fingerprint density at radius 1 is 1.53 bits per heavy atom. The molecule has 0 saturated heterocycles. The number of anilines is 1.